The van der Waals surface area contributed by atoms with E-state index in [4.69, 9.17) is 0 Å². The second-order valence-electron chi connectivity index (χ2n) is 5.98. The molecule has 122 valence electrons. The van der Waals surface area contributed by atoms with Gasteiger partial charge in [0.15, 0.2) is 0 Å². The minimum Gasteiger partial charge on any atom is -0.353 e. The van der Waals surface area contributed by atoms with Crippen molar-refractivity contribution in [2.75, 3.05) is 13.1 Å². The summed E-state index contributed by atoms with van der Waals surface area (Å²) in [5.74, 6) is 0.155. The van der Waals surface area contributed by atoms with Gasteiger partial charge in [-0.2, -0.15) is 0 Å². The Morgan fingerprint density at radius 2 is 2.39 bits per heavy atom. The largest absolute Gasteiger partial charge is 0.353 e. The van der Waals surface area contributed by atoms with Gasteiger partial charge < -0.3 is 10.6 Å². The molecular weight excluding hydrogens is 313 g/mol. The van der Waals surface area contributed by atoms with Gasteiger partial charge in [0.25, 0.3) is 0 Å². The molecule has 6 heteroatoms. The molecule has 0 spiro atoms. The number of amides is 1. The molecule has 1 aromatic carbocycles. The maximum atomic E-state index is 13.3. The number of carbonyl (C=O) groups excluding carboxylic acids is 1. The minimum absolute atomic E-state index is 0.000146. The van der Waals surface area contributed by atoms with Gasteiger partial charge in [-0.1, -0.05) is 19.1 Å². The monoisotopic (exact) mass is 333 g/mol. The van der Waals surface area contributed by atoms with E-state index >= 15 is 0 Å². The van der Waals surface area contributed by atoms with Crippen molar-refractivity contribution in [1.82, 2.24) is 15.6 Å². The van der Waals surface area contributed by atoms with Crippen LogP contribution in [0.1, 0.15) is 19.0 Å². The SMILES string of the molecule is CC1CNCCC1NC(=O)Cc1csc(-c2cccc(F)c2)n1. The van der Waals surface area contributed by atoms with Crippen molar-refractivity contribution in [3.8, 4) is 10.6 Å². The highest BCUT2D eigenvalue weighted by atomic mass is 32.1. The Labute approximate surface area is 139 Å². The highest BCUT2D eigenvalue weighted by Crippen LogP contribution is 2.24. The predicted octanol–water partition coefficient (Wildman–Crippen LogP) is 2.61. The maximum absolute atomic E-state index is 13.3. The van der Waals surface area contributed by atoms with E-state index in [2.05, 4.69) is 22.5 Å². The number of halogens is 1. The topological polar surface area (TPSA) is 54.0 Å². The van der Waals surface area contributed by atoms with Crippen LogP contribution in [-0.4, -0.2) is 30.0 Å². The van der Waals surface area contributed by atoms with Gasteiger partial charge >= 0.3 is 0 Å². The number of piperidine rings is 1. The molecule has 1 saturated heterocycles. The zero-order chi connectivity index (χ0) is 16.2. The summed E-state index contributed by atoms with van der Waals surface area (Å²) < 4.78 is 13.3. The number of hydrogen-bond donors (Lipinski definition) is 2. The average molecular weight is 333 g/mol. The predicted molar refractivity (Wildman–Crippen MR) is 89.8 cm³/mol. The van der Waals surface area contributed by atoms with Crippen LogP contribution < -0.4 is 10.6 Å². The number of carbonyl (C=O) groups is 1. The molecule has 0 bridgehead atoms. The Kier molecular flexibility index (Phi) is 5.03. The van der Waals surface area contributed by atoms with Gasteiger partial charge in [0.1, 0.15) is 10.8 Å². The number of nitrogens with zero attached hydrogens (tertiary/aromatic N) is 1. The van der Waals surface area contributed by atoms with Crippen molar-refractivity contribution in [1.29, 1.82) is 0 Å². The highest BCUT2D eigenvalue weighted by molar-refractivity contribution is 7.13. The summed E-state index contributed by atoms with van der Waals surface area (Å²) in [6, 6.07) is 6.58. The van der Waals surface area contributed by atoms with Crippen LogP contribution in [0.2, 0.25) is 0 Å². The Morgan fingerprint density at radius 3 is 3.17 bits per heavy atom. The van der Waals surface area contributed by atoms with Crippen molar-refractivity contribution in [2.24, 2.45) is 5.92 Å². The third kappa shape index (κ3) is 4.14. The number of rotatable bonds is 4. The van der Waals surface area contributed by atoms with Gasteiger partial charge in [0, 0.05) is 17.0 Å². The summed E-state index contributed by atoms with van der Waals surface area (Å²) in [4.78, 5) is 16.7. The molecule has 2 unspecified atom stereocenters. The number of nitrogens with one attached hydrogen (secondary N) is 2. The van der Waals surface area contributed by atoms with Crippen LogP contribution in [0.5, 0.6) is 0 Å². The van der Waals surface area contributed by atoms with E-state index in [1.807, 2.05) is 11.4 Å². The third-order valence-electron chi connectivity index (χ3n) is 4.10. The number of aromatic nitrogens is 1. The lowest BCUT2D eigenvalue weighted by molar-refractivity contribution is -0.121. The van der Waals surface area contributed by atoms with Gasteiger partial charge in [-0.3, -0.25) is 4.79 Å². The van der Waals surface area contributed by atoms with Crippen molar-refractivity contribution in [2.45, 2.75) is 25.8 Å². The van der Waals surface area contributed by atoms with Gasteiger partial charge in [-0.25, -0.2) is 9.37 Å². The quantitative estimate of drug-likeness (QED) is 0.904. The Bertz CT molecular complexity index is 688. The first-order valence-electron chi connectivity index (χ1n) is 7.82. The fourth-order valence-electron chi connectivity index (χ4n) is 2.79. The summed E-state index contributed by atoms with van der Waals surface area (Å²) in [5, 5.41) is 9.03. The molecule has 2 aromatic rings. The van der Waals surface area contributed by atoms with E-state index in [9.17, 15) is 9.18 Å². The van der Waals surface area contributed by atoms with Crippen LogP contribution in [0.3, 0.4) is 0 Å². The Morgan fingerprint density at radius 1 is 1.52 bits per heavy atom. The standard InChI is InChI=1S/C17H20FN3OS/c1-11-9-19-6-5-15(11)21-16(22)8-14-10-23-17(20-14)12-3-2-4-13(18)7-12/h2-4,7,10-11,15,19H,5-6,8-9H2,1H3,(H,21,22). The lowest BCUT2D eigenvalue weighted by Crippen LogP contribution is -2.48. The second kappa shape index (κ2) is 7.19. The van der Waals surface area contributed by atoms with E-state index in [1.54, 1.807) is 6.07 Å². The van der Waals surface area contributed by atoms with Gasteiger partial charge in [0.05, 0.1) is 12.1 Å². The first kappa shape index (κ1) is 16.1. The van der Waals surface area contributed by atoms with Crippen LogP contribution in [0.25, 0.3) is 10.6 Å². The molecule has 1 aliphatic rings. The van der Waals surface area contributed by atoms with Crippen LogP contribution in [0.4, 0.5) is 4.39 Å². The molecule has 1 aromatic heterocycles. The zero-order valence-electron chi connectivity index (χ0n) is 13.0. The Balaban J connectivity index is 1.61. The fourth-order valence-corrected chi connectivity index (χ4v) is 3.61. The van der Waals surface area contributed by atoms with Crippen LogP contribution >= 0.6 is 11.3 Å². The van der Waals surface area contributed by atoms with Gasteiger partial charge in [-0.15, -0.1) is 11.3 Å². The summed E-state index contributed by atoms with van der Waals surface area (Å²) in [6.07, 6.45) is 1.22. The molecule has 3 rings (SSSR count). The van der Waals surface area contributed by atoms with E-state index in [-0.39, 0.29) is 24.2 Å². The van der Waals surface area contributed by atoms with Gasteiger partial charge in [0.2, 0.25) is 5.91 Å². The Hall–Kier alpha value is -1.79. The molecule has 0 saturated carbocycles. The van der Waals surface area contributed by atoms with E-state index in [1.165, 1.54) is 23.5 Å². The second-order valence-corrected chi connectivity index (χ2v) is 6.83. The van der Waals surface area contributed by atoms with Crippen LogP contribution in [0, 0.1) is 11.7 Å². The normalized spacial score (nSPS) is 21.1. The molecule has 1 aliphatic heterocycles. The first-order valence-corrected chi connectivity index (χ1v) is 8.70. The molecule has 2 heterocycles. The zero-order valence-corrected chi connectivity index (χ0v) is 13.8. The molecule has 1 fully saturated rings. The number of thiazole rings is 1. The average Bonchev–Trinajstić information content (AvgIpc) is 2.98. The third-order valence-corrected chi connectivity index (χ3v) is 5.04. The van der Waals surface area contributed by atoms with E-state index in [0.29, 0.717) is 5.92 Å². The number of hydrogen-bond acceptors (Lipinski definition) is 4. The smallest absolute Gasteiger partial charge is 0.226 e. The molecule has 0 aliphatic carbocycles. The van der Waals surface area contributed by atoms with Gasteiger partial charge in [-0.05, 0) is 37.6 Å². The van der Waals surface area contributed by atoms with Crippen molar-refractivity contribution in [3.05, 3.63) is 41.2 Å². The van der Waals surface area contributed by atoms with Crippen molar-refractivity contribution >= 4 is 17.2 Å². The summed E-state index contributed by atoms with van der Waals surface area (Å²) in [6.45, 7) is 4.02. The summed E-state index contributed by atoms with van der Waals surface area (Å²) in [5.41, 5.74) is 1.47. The molecule has 1 amide bonds. The molecule has 0 radical (unpaired) electrons. The lowest BCUT2D eigenvalue weighted by atomic mass is 9.95. The minimum atomic E-state index is -0.281. The lowest BCUT2D eigenvalue weighted by Gasteiger charge is -2.30. The molecule has 2 atom stereocenters. The summed E-state index contributed by atoms with van der Waals surface area (Å²) >= 11 is 1.43. The van der Waals surface area contributed by atoms with E-state index in [0.717, 1.165) is 35.8 Å². The molecular formula is C17H20FN3OS. The maximum Gasteiger partial charge on any atom is 0.226 e. The molecule has 4 nitrogen and oxygen atoms in total. The van der Waals surface area contributed by atoms with Crippen LogP contribution in [-0.2, 0) is 11.2 Å². The van der Waals surface area contributed by atoms with Crippen molar-refractivity contribution < 1.29 is 9.18 Å². The fraction of sp³-hybridized carbons (Fsp3) is 0.412. The first-order chi connectivity index (χ1) is 11.1. The molecule has 23 heavy (non-hydrogen) atoms. The summed E-state index contributed by atoms with van der Waals surface area (Å²) in [7, 11) is 0. The molecule has 2 N–H and O–H groups in total. The highest BCUT2D eigenvalue weighted by Gasteiger charge is 2.22. The van der Waals surface area contributed by atoms with Crippen molar-refractivity contribution in [3.63, 3.8) is 0 Å². The van der Waals surface area contributed by atoms with Crippen LogP contribution in [0.15, 0.2) is 29.6 Å². The number of benzene rings is 1. The van der Waals surface area contributed by atoms with E-state index < -0.39 is 0 Å².